The number of carbonyl (C=O) groups is 1. The molecule has 1 aliphatic heterocycles. The molecule has 1 amide bonds. The molecule has 4 nitrogen and oxygen atoms in total. The minimum Gasteiger partial charge on any atom is -0.369 e. The third-order valence-corrected chi connectivity index (χ3v) is 5.12. The van der Waals surface area contributed by atoms with Gasteiger partial charge in [-0.25, -0.2) is 0 Å². The van der Waals surface area contributed by atoms with Crippen molar-refractivity contribution >= 4 is 17.2 Å². The van der Waals surface area contributed by atoms with Crippen LogP contribution in [0.15, 0.2) is 17.5 Å². The molecule has 0 spiro atoms. The summed E-state index contributed by atoms with van der Waals surface area (Å²) in [6, 6.07) is 4.32. The van der Waals surface area contributed by atoms with Crippen molar-refractivity contribution in [3.8, 4) is 0 Å². The molecular weight excluding hydrogens is 296 g/mol. The average Bonchev–Trinajstić information content (AvgIpc) is 3.04. The molecule has 1 aromatic heterocycles. The Labute approximate surface area is 137 Å². The molecule has 22 heavy (non-hydrogen) atoms. The molecule has 0 saturated carbocycles. The fourth-order valence-electron chi connectivity index (χ4n) is 2.91. The van der Waals surface area contributed by atoms with Gasteiger partial charge < -0.3 is 10.1 Å². The van der Waals surface area contributed by atoms with E-state index in [1.54, 1.807) is 0 Å². The number of hydrogen-bond donors (Lipinski definition) is 1. The zero-order valence-corrected chi connectivity index (χ0v) is 14.5. The first kappa shape index (κ1) is 17.4. The van der Waals surface area contributed by atoms with Gasteiger partial charge in [0.05, 0.1) is 0 Å². The van der Waals surface area contributed by atoms with Crippen molar-refractivity contribution in [2.24, 2.45) is 5.92 Å². The summed E-state index contributed by atoms with van der Waals surface area (Å²) in [5, 5.41) is 5.21. The van der Waals surface area contributed by atoms with Gasteiger partial charge >= 0.3 is 0 Å². The third-order valence-electron chi connectivity index (χ3n) is 4.26. The van der Waals surface area contributed by atoms with Crippen LogP contribution in [0.2, 0.25) is 0 Å². The van der Waals surface area contributed by atoms with Crippen molar-refractivity contribution in [2.75, 3.05) is 26.2 Å². The van der Waals surface area contributed by atoms with Gasteiger partial charge in [-0.3, -0.25) is 9.69 Å². The number of nitrogens with one attached hydrogen (secondary N) is 1. The maximum Gasteiger partial charge on any atom is 0.249 e. The predicted molar refractivity (Wildman–Crippen MR) is 91.0 cm³/mol. The van der Waals surface area contributed by atoms with E-state index in [-0.39, 0.29) is 12.0 Å². The summed E-state index contributed by atoms with van der Waals surface area (Å²) in [5.41, 5.74) is 0. The molecule has 5 heteroatoms. The zero-order chi connectivity index (χ0) is 15.8. The van der Waals surface area contributed by atoms with E-state index in [1.165, 1.54) is 4.88 Å². The highest BCUT2D eigenvalue weighted by Crippen LogP contribution is 2.20. The van der Waals surface area contributed by atoms with Crippen molar-refractivity contribution in [1.82, 2.24) is 10.2 Å². The standard InChI is InChI=1S/C17H28N2O2S/c1-3-16(21-4-2)17(20)18-12-14-7-9-19(10-8-14)13-15-6-5-11-22-15/h5-6,11,14,16H,3-4,7-10,12-13H2,1-2H3,(H,18,20)/t16-/m0/s1. The molecule has 1 fully saturated rings. The van der Waals surface area contributed by atoms with Gasteiger partial charge in [-0.15, -0.1) is 11.3 Å². The second-order valence-corrected chi connectivity index (χ2v) is 6.93. The molecule has 0 aromatic carbocycles. The van der Waals surface area contributed by atoms with Crippen molar-refractivity contribution in [3.05, 3.63) is 22.4 Å². The molecule has 2 rings (SSSR count). The molecular formula is C17H28N2O2S. The van der Waals surface area contributed by atoms with Crippen molar-refractivity contribution in [1.29, 1.82) is 0 Å². The summed E-state index contributed by atoms with van der Waals surface area (Å²) in [5.74, 6) is 0.646. The highest BCUT2D eigenvalue weighted by Gasteiger charge is 2.22. The summed E-state index contributed by atoms with van der Waals surface area (Å²) < 4.78 is 5.45. The lowest BCUT2D eigenvalue weighted by Gasteiger charge is -2.32. The Morgan fingerprint density at radius 3 is 2.82 bits per heavy atom. The smallest absolute Gasteiger partial charge is 0.249 e. The molecule has 0 radical (unpaired) electrons. The molecule has 0 aliphatic carbocycles. The highest BCUT2D eigenvalue weighted by molar-refractivity contribution is 7.09. The van der Waals surface area contributed by atoms with Gasteiger partial charge in [0, 0.05) is 24.6 Å². The largest absolute Gasteiger partial charge is 0.369 e. The number of ether oxygens (including phenoxy) is 1. The van der Waals surface area contributed by atoms with E-state index in [2.05, 4.69) is 27.7 Å². The number of rotatable bonds is 8. The molecule has 124 valence electrons. The summed E-state index contributed by atoms with van der Waals surface area (Å²) in [6.07, 6.45) is 2.77. The average molecular weight is 324 g/mol. The number of amides is 1. The van der Waals surface area contributed by atoms with E-state index >= 15 is 0 Å². The number of piperidine rings is 1. The molecule has 1 atom stereocenters. The Bertz CT molecular complexity index is 428. The van der Waals surface area contributed by atoms with Crippen molar-refractivity contribution in [2.45, 2.75) is 45.8 Å². The highest BCUT2D eigenvalue weighted by atomic mass is 32.1. The van der Waals surface area contributed by atoms with Crippen LogP contribution in [0.25, 0.3) is 0 Å². The molecule has 1 aliphatic rings. The lowest BCUT2D eigenvalue weighted by atomic mass is 9.96. The Kier molecular flexibility index (Phi) is 7.36. The Morgan fingerprint density at radius 1 is 1.45 bits per heavy atom. The Hall–Kier alpha value is -0.910. The zero-order valence-electron chi connectivity index (χ0n) is 13.7. The van der Waals surface area contributed by atoms with Crippen LogP contribution in [-0.2, 0) is 16.1 Å². The maximum absolute atomic E-state index is 12.0. The number of carbonyl (C=O) groups excluding carboxylic acids is 1. The van der Waals surface area contributed by atoms with Crippen LogP contribution >= 0.6 is 11.3 Å². The van der Waals surface area contributed by atoms with Gasteiger partial charge in [0.15, 0.2) is 0 Å². The number of likely N-dealkylation sites (tertiary alicyclic amines) is 1. The van der Waals surface area contributed by atoms with E-state index in [1.807, 2.05) is 25.2 Å². The normalized spacial score (nSPS) is 18.3. The third kappa shape index (κ3) is 5.38. The van der Waals surface area contributed by atoms with Crippen LogP contribution in [0.4, 0.5) is 0 Å². The van der Waals surface area contributed by atoms with E-state index in [9.17, 15) is 4.79 Å². The molecule has 1 saturated heterocycles. The number of nitrogens with zero attached hydrogens (tertiary/aromatic N) is 1. The Balaban J connectivity index is 1.65. The van der Waals surface area contributed by atoms with Gasteiger partial charge in [-0.2, -0.15) is 0 Å². The van der Waals surface area contributed by atoms with Gasteiger partial charge in [-0.1, -0.05) is 13.0 Å². The Morgan fingerprint density at radius 2 is 2.23 bits per heavy atom. The predicted octanol–water partition coefficient (Wildman–Crippen LogP) is 2.89. The van der Waals surface area contributed by atoms with Crippen LogP contribution in [0.5, 0.6) is 0 Å². The summed E-state index contributed by atoms with van der Waals surface area (Å²) in [4.78, 5) is 16.0. The van der Waals surface area contributed by atoms with Gasteiger partial charge in [-0.05, 0) is 56.6 Å². The fraction of sp³-hybridized carbons (Fsp3) is 0.706. The van der Waals surface area contributed by atoms with E-state index in [0.29, 0.717) is 12.5 Å². The second-order valence-electron chi connectivity index (χ2n) is 5.90. The molecule has 0 unspecified atom stereocenters. The van der Waals surface area contributed by atoms with Crippen molar-refractivity contribution < 1.29 is 9.53 Å². The lowest BCUT2D eigenvalue weighted by molar-refractivity contribution is -0.133. The van der Waals surface area contributed by atoms with Gasteiger partial charge in [0.1, 0.15) is 6.10 Å². The van der Waals surface area contributed by atoms with Crippen LogP contribution in [0.1, 0.15) is 38.0 Å². The van der Waals surface area contributed by atoms with E-state index in [0.717, 1.165) is 45.4 Å². The number of thiophene rings is 1. The quantitative estimate of drug-likeness (QED) is 0.799. The maximum atomic E-state index is 12.0. The molecule has 2 heterocycles. The van der Waals surface area contributed by atoms with Gasteiger partial charge in [0.25, 0.3) is 0 Å². The second kappa shape index (κ2) is 9.28. The first-order chi connectivity index (χ1) is 10.7. The van der Waals surface area contributed by atoms with Crippen LogP contribution in [0.3, 0.4) is 0 Å². The van der Waals surface area contributed by atoms with E-state index < -0.39 is 0 Å². The minimum atomic E-state index is -0.288. The van der Waals surface area contributed by atoms with Crippen LogP contribution in [0, 0.1) is 5.92 Å². The fourth-order valence-corrected chi connectivity index (χ4v) is 3.66. The molecule has 1 N–H and O–H groups in total. The first-order valence-corrected chi connectivity index (χ1v) is 9.24. The summed E-state index contributed by atoms with van der Waals surface area (Å²) in [6.45, 7) is 8.62. The SMILES string of the molecule is CCO[C@@H](CC)C(=O)NCC1CCN(Cc2cccs2)CC1. The first-order valence-electron chi connectivity index (χ1n) is 8.37. The topological polar surface area (TPSA) is 41.6 Å². The van der Waals surface area contributed by atoms with E-state index in [4.69, 9.17) is 4.74 Å². The van der Waals surface area contributed by atoms with Gasteiger partial charge in [0.2, 0.25) is 5.91 Å². The lowest BCUT2D eigenvalue weighted by Crippen LogP contribution is -2.42. The van der Waals surface area contributed by atoms with Crippen LogP contribution in [-0.4, -0.2) is 43.2 Å². The minimum absolute atomic E-state index is 0.0466. The molecule has 0 bridgehead atoms. The van der Waals surface area contributed by atoms with Crippen LogP contribution < -0.4 is 5.32 Å². The summed E-state index contributed by atoms with van der Waals surface area (Å²) in [7, 11) is 0. The number of hydrogen-bond acceptors (Lipinski definition) is 4. The van der Waals surface area contributed by atoms with Crippen molar-refractivity contribution in [3.63, 3.8) is 0 Å². The monoisotopic (exact) mass is 324 g/mol. The summed E-state index contributed by atoms with van der Waals surface area (Å²) >= 11 is 1.83. The molecule has 1 aromatic rings.